The van der Waals surface area contributed by atoms with Crippen molar-refractivity contribution < 1.29 is 9.63 Å². The Morgan fingerprint density at radius 3 is 2.57 bits per heavy atom. The van der Waals surface area contributed by atoms with Gasteiger partial charge in [-0.1, -0.05) is 30.8 Å². The number of tetrazole rings is 1. The fraction of sp³-hybridized carbons (Fsp3) is 0.357. The van der Waals surface area contributed by atoms with Crippen LogP contribution in [0.25, 0.3) is 5.69 Å². The maximum Gasteiger partial charge on any atom is 0.239 e. The van der Waals surface area contributed by atoms with Crippen molar-refractivity contribution in [3.05, 3.63) is 36.0 Å². The van der Waals surface area contributed by atoms with Crippen LogP contribution < -0.4 is 0 Å². The molecule has 2 aromatic heterocycles. The van der Waals surface area contributed by atoms with Crippen LogP contribution in [0.3, 0.4) is 0 Å². The first-order chi connectivity index (χ1) is 11.0. The van der Waals surface area contributed by atoms with E-state index in [0.717, 1.165) is 5.69 Å². The first-order valence-electron chi connectivity index (χ1n) is 7.12. The molecular weight excluding hydrogens is 316 g/mol. The normalized spacial score (nSPS) is 12.7. The molecule has 0 saturated heterocycles. The number of benzene rings is 1. The van der Waals surface area contributed by atoms with Crippen LogP contribution in [0.15, 0.2) is 33.9 Å². The van der Waals surface area contributed by atoms with Crippen LogP contribution in [-0.4, -0.2) is 35.5 Å². The van der Waals surface area contributed by atoms with Crippen molar-refractivity contribution >= 4 is 11.8 Å². The first-order valence-corrected chi connectivity index (χ1v) is 8.00. The summed E-state index contributed by atoms with van der Waals surface area (Å²) in [6.45, 7) is 5.98. The standard InChI is InChI=1S/C14H16N6O2S/c1-8(2)12-15-13(22-17-12)9(3)23-14-16-18-19-20(14)10-4-6-11(21)7-5-10/h4-9,21H,1-3H3. The van der Waals surface area contributed by atoms with E-state index in [9.17, 15) is 5.11 Å². The number of hydrogen-bond acceptors (Lipinski definition) is 8. The van der Waals surface area contributed by atoms with Gasteiger partial charge in [0.25, 0.3) is 0 Å². The summed E-state index contributed by atoms with van der Waals surface area (Å²) < 4.78 is 6.90. The second kappa shape index (κ2) is 6.37. The maximum absolute atomic E-state index is 9.37. The lowest BCUT2D eigenvalue weighted by atomic mass is 10.2. The van der Waals surface area contributed by atoms with Gasteiger partial charge in [-0.15, -0.1) is 5.10 Å². The van der Waals surface area contributed by atoms with E-state index in [0.29, 0.717) is 16.9 Å². The Hall–Kier alpha value is -2.42. The molecule has 1 unspecified atom stereocenters. The van der Waals surface area contributed by atoms with Gasteiger partial charge < -0.3 is 9.63 Å². The largest absolute Gasteiger partial charge is 0.508 e. The third-order valence-corrected chi connectivity index (χ3v) is 4.16. The Morgan fingerprint density at radius 2 is 1.91 bits per heavy atom. The molecule has 0 saturated carbocycles. The Bertz CT molecular complexity index is 783. The quantitative estimate of drug-likeness (QED) is 0.711. The number of phenolic OH excluding ortho intramolecular Hbond substituents is 1. The van der Waals surface area contributed by atoms with E-state index < -0.39 is 0 Å². The van der Waals surface area contributed by atoms with E-state index in [2.05, 4.69) is 25.7 Å². The van der Waals surface area contributed by atoms with Crippen molar-refractivity contribution in [1.82, 2.24) is 30.3 Å². The second-order valence-corrected chi connectivity index (χ2v) is 6.60. The zero-order chi connectivity index (χ0) is 16.4. The maximum atomic E-state index is 9.37. The van der Waals surface area contributed by atoms with E-state index >= 15 is 0 Å². The van der Waals surface area contributed by atoms with Gasteiger partial charge in [0, 0.05) is 5.92 Å². The number of hydrogen-bond donors (Lipinski definition) is 1. The Balaban J connectivity index is 1.80. The summed E-state index contributed by atoms with van der Waals surface area (Å²) in [4.78, 5) is 4.39. The zero-order valence-corrected chi connectivity index (χ0v) is 13.7. The first kappa shape index (κ1) is 15.5. The molecule has 0 aliphatic heterocycles. The Kier molecular flexibility index (Phi) is 4.28. The topological polar surface area (TPSA) is 103 Å². The summed E-state index contributed by atoms with van der Waals surface area (Å²) in [5, 5.41) is 25.6. The predicted octanol–water partition coefficient (Wildman–Crippen LogP) is 2.73. The second-order valence-electron chi connectivity index (χ2n) is 5.30. The van der Waals surface area contributed by atoms with Gasteiger partial charge in [0.15, 0.2) is 5.82 Å². The minimum Gasteiger partial charge on any atom is -0.508 e. The van der Waals surface area contributed by atoms with Crippen LogP contribution in [0, 0.1) is 0 Å². The molecule has 1 N–H and O–H groups in total. The SMILES string of the molecule is CC(C)c1noc(C(C)Sc2nnnn2-c2ccc(O)cc2)n1. The average Bonchev–Trinajstić information content (AvgIpc) is 3.17. The van der Waals surface area contributed by atoms with Gasteiger partial charge >= 0.3 is 0 Å². The average molecular weight is 332 g/mol. The lowest BCUT2D eigenvalue weighted by Crippen LogP contribution is -2.00. The van der Waals surface area contributed by atoms with E-state index in [1.807, 2.05) is 20.8 Å². The molecule has 0 fully saturated rings. The fourth-order valence-corrected chi connectivity index (χ4v) is 2.70. The van der Waals surface area contributed by atoms with Gasteiger partial charge in [0.1, 0.15) is 5.75 Å². The summed E-state index contributed by atoms with van der Waals surface area (Å²) >= 11 is 1.42. The monoisotopic (exact) mass is 332 g/mol. The van der Waals surface area contributed by atoms with Gasteiger partial charge in [-0.05, 0) is 41.6 Å². The molecular formula is C14H16N6O2S. The molecule has 3 aromatic rings. The molecule has 0 bridgehead atoms. The highest BCUT2D eigenvalue weighted by Crippen LogP contribution is 2.33. The van der Waals surface area contributed by atoms with Crippen LogP contribution in [0.4, 0.5) is 0 Å². The lowest BCUT2D eigenvalue weighted by molar-refractivity contribution is 0.373. The highest BCUT2D eigenvalue weighted by Gasteiger charge is 2.20. The molecule has 8 nitrogen and oxygen atoms in total. The van der Waals surface area contributed by atoms with Crippen LogP contribution in [0.2, 0.25) is 0 Å². The van der Waals surface area contributed by atoms with Gasteiger partial charge in [0.05, 0.1) is 10.9 Å². The molecule has 3 rings (SSSR count). The van der Waals surface area contributed by atoms with Gasteiger partial charge in [-0.25, -0.2) is 0 Å². The molecule has 9 heteroatoms. The van der Waals surface area contributed by atoms with Crippen molar-refractivity contribution in [2.75, 3.05) is 0 Å². The molecule has 0 spiro atoms. The van der Waals surface area contributed by atoms with Crippen LogP contribution in [0.5, 0.6) is 5.75 Å². The Morgan fingerprint density at radius 1 is 1.17 bits per heavy atom. The third kappa shape index (κ3) is 3.34. The van der Waals surface area contributed by atoms with E-state index in [-0.39, 0.29) is 16.9 Å². The van der Waals surface area contributed by atoms with Crippen LogP contribution in [0.1, 0.15) is 43.7 Å². The molecule has 120 valence electrons. The van der Waals surface area contributed by atoms with Crippen LogP contribution >= 0.6 is 11.8 Å². The summed E-state index contributed by atoms with van der Waals surface area (Å²) in [6, 6.07) is 6.65. The van der Waals surface area contributed by atoms with Crippen LogP contribution in [-0.2, 0) is 0 Å². The number of thioether (sulfide) groups is 1. The lowest BCUT2D eigenvalue weighted by Gasteiger charge is -2.07. The minimum absolute atomic E-state index is 0.0862. The smallest absolute Gasteiger partial charge is 0.239 e. The molecule has 0 aliphatic carbocycles. The van der Waals surface area contributed by atoms with E-state index in [4.69, 9.17) is 4.52 Å². The van der Waals surface area contributed by atoms with Crippen molar-refractivity contribution in [2.45, 2.75) is 37.1 Å². The number of rotatable bonds is 5. The number of phenols is 1. The molecule has 0 radical (unpaired) electrons. The van der Waals surface area contributed by atoms with E-state index in [1.54, 1.807) is 28.9 Å². The summed E-state index contributed by atoms with van der Waals surface area (Å²) in [5.41, 5.74) is 0.760. The molecule has 0 amide bonds. The number of nitrogens with zero attached hydrogens (tertiary/aromatic N) is 6. The van der Waals surface area contributed by atoms with E-state index in [1.165, 1.54) is 11.8 Å². The van der Waals surface area contributed by atoms with Crippen molar-refractivity contribution in [3.63, 3.8) is 0 Å². The van der Waals surface area contributed by atoms with Crippen molar-refractivity contribution in [3.8, 4) is 11.4 Å². The van der Waals surface area contributed by atoms with Crippen molar-refractivity contribution in [1.29, 1.82) is 0 Å². The molecule has 23 heavy (non-hydrogen) atoms. The highest BCUT2D eigenvalue weighted by molar-refractivity contribution is 7.99. The number of aromatic nitrogens is 6. The Labute approximate surface area is 136 Å². The third-order valence-electron chi connectivity index (χ3n) is 3.14. The van der Waals surface area contributed by atoms with Gasteiger partial charge in [0.2, 0.25) is 11.0 Å². The molecule has 2 heterocycles. The van der Waals surface area contributed by atoms with Crippen molar-refractivity contribution in [2.24, 2.45) is 0 Å². The highest BCUT2D eigenvalue weighted by atomic mass is 32.2. The number of aromatic hydroxyl groups is 1. The summed E-state index contributed by atoms with van der Waals surface area (Å²) in [5.74, 6) is 1.63. The molecule has 0 aliphatic rings. The zero-order valence-electron chi connectivity index (χ0n) is 12.9. The summed E-state index contributed by atoms with van der Waals surface area (Å²) in [7, 11) is 0. The molecule has 1 atom stereocenters. The molecule has 1 aromatic carbocycles. The fourth-order valence-electron chi connectivity index (χ4n) is 1.86. The van der Waals surface area contributed by atoms with Gasteiger partial charge in [-0.2, -0.15) is 9.67 Å². The van der Waals surface area contributed by atoms with Gasteiger partial charge in [-0.3, -0.25) is 0 Å². The minimum atomic E-state index is -0.0862. The predicted molar refractivity (Wildman–Crippen MR) is 83.5 cm³/mol. The summed E-state index contributed by atoms with van der Waals surface area (Å²) in [6.07, 6.45) is 0.